The predicted octanol–water partition coefficient (Wildman–Crippen LogP) is -0.747. The van der Waals surface area contributed by atoms with Gasteiger partial charge in [-0.1, -0.05) is 0 Å². The van der Waals surface area contributed by atoms with Gasteiger partial charge in [0.05, 0.1) is 0 Å². The number of rotatable bonds is 4. The zero-order chi connectivity index (χ0) is 9.98. The topological polar surface area (TPSA) is 106 Å². The van der Waals surface area contributed by atoms with Crippen LogP contribution in [-0.4, -0.2) is 35.5 Å². The summed E-state index contributed by atoms with van der Waals surface area (Å²) in [6, 6.07) is -0.683. The molecule has 0 saturated heterocycles. The van der Waals surface area contributed by atoms with Crippen LogP contribution in [0.2, 0.25) is 0 Å². The maximum atomic E-state index is 10.1. The lowest BCUT2D eigenvalue weighted by Gasteiger charge is -2.02. The van der Waals surface area contributed by atoms with Gasteiger partial charge in [-0.2, -0.15) is 11.8 Å². The maximum absolute atomic E-state index is 10.1. The van der Waals surface area contributed by atoms with Gasteiger partial charge in [0.1, 0.15) is 6.04 Å². The fourth-order valence-corrected chi connectivity index (χ4v) is 0.858. The van der Waals surface area contributed by atoms with Gasteiger partial charge in [0.2, 0.25) is 6.41 Å². The highest BCUT2D eigenvalue weighted by Gasteiger charge is 2.08. The molecule has 0 aliphatic heterocycles. The molecule has 0 aliphatic carbocycles. The van der Waals surface area contributed by atoms with Crippen molar-refractivity contribution < 1.29 is 14.7 Å². The number of thioether (sulfide) groups is 1. The Kier molecular flexibility index (Phi) is 11.8. The molecule has 0 bridgehead atoms. The molecule has 6 heteroatoms. The molecule has 0 fully saturated rings. The molecular formula is C6H14N2O3S. The molecule has 12 heavy (non-hydrogen) atoms. The number of carbonyl (C=O) groups is 2. The number of hydrogen-bond acceptors (Lipinski definition) is 4. The van der Waals surface area contributed by atoms with Gasteiger partial charge in [-0.15, -0.1) is 0 Å². The number of carboxylic acid groups (broad SMARTS) is 1. The lowest BCUT2D eigenvalue weighted by molar-refractivity contribution is -0.138. The Morgan fingerprint density at radius 1 is 1.75 bits per heavy atom. The Hall–Kier alpha value is -0.750. The number of carboxylic acids is 1. The largest absolute Gasteiger partial charge is 0.480 e. The van der Waals surface area contributed by atoms with Crippen LogP contribution >= 0.6 is 11.8 Å². The maximum Gasteiger partial charge on any atom is 0.320 e. The van der Waals surface area contributed by atoms with Crippen molar-refractivity contribution in [2.24, 2.45) is 11.5 Å². The van der Waals surface area contributed by atoms with Crippen molar-refractivity contribution in [3.8, 4) is 0 Å². The van der Waals surface area contributed by atoms with Crippen molar-refractivity contribution in [2.45, 2.75) is 12.5 Å². The van der Waals surface area contributed by atoms with E-state index in [1.54, 1.807) is 11.8 Å². The number of hydrogen-bond donors (Lipinski definition) is 3. The Bertz CT molecular complexity index is 132. The molecule has 5 nitrogen and oxygen atoms in total. The van der Waals surface area contributed by atoms with E-state index in [4.69, 9.17) is 15.6 Å². The minimum Gasteiger partial charge on any atom is -0.480 e. The molecule has 1 atom stereocenters. The summed E-state index contributed by atoms with van der Waals surface area (Å²) < 4.78 is 0. The van der Waals surface area contributed by atoms with E-state index in [9.17, 15) is 4.79 Å². The van der Waals surface area contributed by atoms with Crippen LogP contribution in [0.4, 0.5) is 0 Å². The lowest BCUT2D eigenvalue weighted by Crippen LogP contribution is -2.30. The summed E-state index contributed by atoms with van der Waals surface area (Å²) in [7, 11) is 0. The molecule has 0 aromatic rings. The Morgan fingerprint density at radius 2 is 2.17 bits per heavy atom. The van der Waals surface area contributed by atoms with Crippen LogP contribution in [0.1, 0.15) is 6.42 Å². The lowest BCUT2D eigenvalue weighted by atomic mass is 10.2. The number of carbonyl (C=O) groups excluding carboxylic acids is 1. The van der Waals surface area contributed by atoms with Crippen molar-refractivity contribution in [1.29, 1.82) is 0 Å². The van der Waals surface area contributed by atoms with Crippen molar-refractivity contribution in [3.05, 3.63) is 0 Å². The molecule has 0 unspecified atom stereocenters. The Morgan fingerprint density at radius 3 is 2.42 bits per heavy atom. The van der Waals surface area contributed by atoms with Crippen LogP contribution in [0.5, 0.6) is 0 Å². The van der Waals surface area contributed by atoms with E-state index in [-0.39, 0.29) is 6.41 Å². The van der Waals surface area contributed by atoms with E-state index < -0.39 is 12.0 Å². The van der Waals surface area contributed by atoms with Crippen molar-refractivity contribution in [2.75, 3.05) is 12.0 Å². The number of amides is 1. The van der Waals surface area contributed by atoms with Crippen molar-refractivity contribution >= 4 is 24.1 Å². The predicted molar refractivity (Wildman–Crippen MR) is 48.9 cm³/mol. The van der Waals surface area contributed by atoms with Gasteiger partial charge in [-0.05, 0) is 18.4 Å². The molecule has 0 aliphatic rings. The second-order valence-electron chi connectivity index (χ2n) is 1.86. The summed E-state index contributed by atoms with van der Waals surface area (Å²) in [5.41, 5.74) is 9.36. The van der Waals surface area contributed by atoms with Gasteiger partial charge >= 0.3 is 5.97 Å². The van der Waals surface area contributed by atoms with E-state index in [0.717, 1.165) is 5.75 Å². The van der Waals surface area contributed by atoms with Gasteiger partial charge in [0, 0.05) is 0 Å². The van der Waals surface area contributed by atoms with E-state index in [1.807, 2.05) is 6.26 Å². The highest BCUT2D eigenvalue weighted by Crippen LogP contribution is 1.97. The third-order valence-electron chi connectivity index (χ3n) is 0.950. The third-order valence-corrected chi connectivity index (χ3v) is 1.59. The minimum atomic E-state index is -0.913. The molecular weight excluding hydrogens is 180 g/mol. The zero-order valence-corrected chi connectivity index (χ0v) is 7.71. The van der Waals surface area contributed by atoms with Gasteiger partial charge in [0.25, 0.3) is 0 Å². The monoisotopic (exact) mass is 194 g/mol. The molecule has 0 heterocycles. The van der Waals surface area contributed by atoms with Crippen molar-refractivity contribution in [3.63, 3.8) is 0 Å². The summed E-state index contributed by atoms with van der Waals surface area (Å²) in [6.45, 7) is 0. The van der Waals surface area contributed by atoms with E-state index in [0.29, 0.717) is 6.42 Å². The van der Waals surface area contributed by atoms with Gasteiger partial charge in [-0.25, -0.2) is 0 Å². The molecule has 72 valence electrons. The van der Waals surface area contributed by atoms with E-state index in [1.165, 1.54) is 0 Å². The average Bonchev–Trinajstić information content (AvgIpc) is 2.01. The number of nitrogens with two attached hydrogens (primary N) is 2. The smallest absolute Gasteiger partial charge is 0.320 e. The number of primary amides is 1. The average molecular weight is 194 g/mol. The fraction of sp³-hybridized carbons (Fsp3) is 0.667. The molecule has 0 aromatic heterocycles. The summed E-state index contributed by atoms with van der Waals surface area (Å²) in [5.74, 6) is -0.1000. The highest BCUT2D eigenvalue weighted by atomic mass is 32.2. The first-order valence-electron chi connectivity index (χ1n) is 3.22. The zero-order valence-electron chi connectivity index (χ0n) is 6.90. The van der Waals surface area contributed by atoms with Crippen LogP contribution in [0.25, 0.3) is 0 Å². The molecule has 0 radical (unpaired) electrons. The Labute approximate surface area is 75.5 Å². The molecule has 0 saturated carbocycles. The first-order valence-corrected chi connectivity index (χ1v) is 4.62. The van der Waals surface area contributed by atoms with Gasteiger partial charge in [0.15, 0.2) is 0 Å². The second kappa shape index (κ2) is 10.2. The summed E-state index contributed by atoms with van der Waals surface area (Å²) in [6.07, 6.45) is 2.73. The summed E-state index contributed by atoms with van der Waals surface area (Å²) in [4.78, 5) is 18.7. The third kappa shape index (κ3) is 12.0. The minimum absolute atomic E-state index is 0.250. The van der Waals surface area contributed by atoms with Crippen LogP contribution in [0.15, 0.2) is 0 Å². The quantitative estimate of drug-likeness (QED) is 0.511. The summed E-state index contributed by atoms with van der Waals surface area (Å²) >= 11 is 1.60. The standard InChI is InChI=1S/C5H11NO2S.CH3NO/c1-9-3-2-4(6)5(7)8;2-1-3/h4H,2-3,6H2,1H3,(H,7,8);1H,(H2,2,3)/t4-;/m1./s1. The van der Waals surface area contributed by atoms with Gasteiger partial charge < -0.3 is 16.6 Å². The fourth-order valence-electron chi connectivity index (χ4n) is 0.368. The SMILES string of the molecule is CSCC[C@@H](N)C(=O)O.NC=O. The van der Waals surface area contributed by atoms with Crippen LogP contribution < -0.4 is 11.5 Å². The van der Waals surface area contributed by atoms with E-state index >= 15 is 0 Å². The number of aliphatic carboxylic acids is 1. The van der Waals surface area contributed by atoms with E-state index in [2.05, 4.69) is 5.73 Å². The second-order valence-corrected chi connectivity index (χ2v) is 2.85. The molecule has 0 rings (SSSR count). The first kappa shape index (κ1) is 13.8. The Balaban J connectivity index is 0. The molecule has 0 spiro atoms. The normalized spacial score (nSPS) is 10.8. The van der Waals surface area contributed by atoms with Crippen LogP contribution in [0.3, 0.4) is 0 Å². The highest BCUT2D eigenvalue weighted by molar-refractivity contribution is 7.98. The molecule has 0 aromatic carbocycles. The first-order chi connectivity index (χ1) is 5.59. The molecule has 1 amide bonds. The van der Waals surface area contributed by atoms with Crippen molar-refractivity contribution in [1.82, 2.24) is 0 Å². The van der Waals surface area contributed by atoms with Gasteiger partial charge in [-0.3, -0.25) is 9.59 Å². The molecule has 5 N–H and O–H groups in total. The summed E-state index contributed by atoms with van der Waals surface area (Å²) in [5, 5.41) is 8.27. The van der Waals surface area contributed by atoms with Crippen LogP contribution in [-0.2, 0) is 9.59 Å². The van der Waals surface area contributed by atoms with Crippen LogP contribution in [0, 0.1) is 0 Å².